The van der Waals surface area contributed by atoms with Crippen LogP contribution in [-0.4, -0.2) is 16.6 Å². The highest BCUT2D eigenvalue weighted by Gasteiger charge is 2.11. The minimum Gasteiger partial charge on any atom is -0.478 e. The van der Waals surface area contributed by atoms with Gasteiger partial charge in [0.15, 0.2) is 0 Å². The molecular formula is C15H18BrN3O. The standard InChI is InChI=1S/C15H18BrN3O/c1-4-20-15-10(2)14(17-9-18-15)19-11(3)12-6-5-7-13(16)8-12/h5-9,11H,4H2,1-3H3,(H,17,18,19). The van der Waals surface area contributed by atoms with Crippen molar-refractivity contribution in [2.45, 2.75) is 26.8 Å². The summed E-state index contributed by atoms with van der Waals surface area (Å²) < 4.78 is 6.55. The number of ether oxygens (including phenoxy) is 1. The van der Waals surface area contributed by atoms with E-state index in [4.69, 9.17) is 4.74 Å². The molecule has 2 rings (SSSR count). The quantitative estimate of drug-likeness (QED) is 0.892. The van der Waals surface area contributed by atoms with Crippen LogP contribution in [-0.2, 0) is 0 Å². The highest BCUT2D eigenvalue weighted by Crippen LogP contribution is 2.25. The van der Waals surface area contributed by atoms with Gasteiger partial charge in [-0.05, 0) is 38.5 Å². The fourth-order valence-corrected chi connectivity index (χ4v) is 2.34. The van der Waals surface area contributed by atoms with Crippen LogP contribution >= 0.6 is 15.9 Å². The minimum atomic E-state index is 0.149. The zero-order chi connectivity index (χ0) is 14.5. The van der Waals surface area contributed by atoms with Gasteiger partial charge in [0.2, 0.25) is 5.88 Å². The van der Waals surface area contributed by atoms with Crippen molar-refractivity contribution in [3.63, 3.8) is 0 Å². The third-order valence-electron chi connectivity index (χ3n) is 3.02. The van der Waals surface area contributed by atoms with Crippen LogP contribution < -0.4 is 10.1 Å². The number of nitrogens with one attached hydrogen (secondary N) is 1. The Morgan fingerprint density at radius 1 is 1.35 bits per heavy atom. The lowest BCUT2D eigenvalue weighted by molar-refractivity contribution is 0.324. The van der Waals surface area contributed by atoms with Gasteiger partial charge >= 0.3 is 0 Å². The maximum atomic E-state index is 5.49. The van der Waals surface area contributed by atoms with E-state index in [1.807, 2.05) is 26.0 Å². The van der Waals surface area contributed by atoms with E-state index in [1.165, 1.54) is 11.9 Å². The van der Waals surface area contributed by atoms with Gasteiger partial charge in [0, 0.05) is 10.5 Å². The Labute approximate surface area is 127 Å². The molecule has 2 aromatic rings. The maximum absolute atomic E-state index is 5.49. The number of benzene rings is 1. The molecule has 0 saturated carbocycles. The van der Waals surface area contributed by atoms with E-state index >= 15 is 0 Å². The normalized spacial score (nSPS) is 12.0. The van der Waals surface area contributed by atoms with Crippen molar-refractivity contribution >= 4 is 21.7 Å². The Bertz CT molecular complexity index is 589. The number of nitrogens with zero attached hydrogens (tertiary/aromatic N) is 2. The average molecular weight is 336 g/mol. The van der Waals surface area contributed by atoms with E-state index < -0.39 is 0 Å². The van der Waals surface area contributed by atoms with Gasteiger partial charge in [0.05, 0.1) is 12.2 Å². The van der Waals surface area contributed by atoms with E-state index in [0.717, 1.165) is 15.9 Å². The molecule has 1 unspecified atom stereocenters. The summed E-state index contributed by atoms with van der Waals surface area (Å²) in [6.07, 6.45) is 1.52. The van der Waals surface area contributed by atoms with Crippen LogP contribution in [0.4, 0.5) is 5.82 Å². The average Bonchev–Trinajstić information content (AvgIpc) is 2.43. The van der Waals surface area contributed by atoms with Crippen molar-refractivity contribution in [1.29, 1.82) is 0 Å². The Morgan fingerprint density at radius 3 is 2.85 bits per heavy atom. The van der Waals surface area contributed by atoms with Crippen LogP contribution in [0, 0.1) is 6.92 Å². The first-order chi connectivity index (χ1) is 9.61. The molecule has 0 saturated heterocycles. The Hall–Kier alpha value is -1.62. The highest BCUT2D eigenvalue weighted by atomic mass is 79.9. The van der Waals surface area contributed by atoms with Crippen molar-refractivity contribution in [3.05, 3.63) is 46.2 Å². The van der Waals surface area contributed by atoms with Crippen LogP contribution in [0.3, 0.4) is 0 Å². The minimum absolute atomic E-state index is 0.149. The summed E-state index contributed by atoms with van der Waals surface area (Å²) in [5.41, 5.74) is 2.12. The molecule has 0 radical (unpaired) electrons. The lowest BCUT2D eigenvalue weighted by Gasteiger charge is -2.17. The van der Waals surface area contributed by atoms with E-state index in [0.29, 0.717) is 12.5 Å². The predicted octanol–water partition coefficient (Wildman–Crippen LogP) is 4.12. The first kappa shape index (κ1) is 14.8. The number of rotatable bonds is 5. The van der Waals surface area contributed by atoms with Gasteiger partial charge in [-0.3, -0.25) is 0 Å². The van der Waals surface area contributed by atoms with Gasteiger partial charge in [0.1, 0.15) is 12.1 Å². The van der Waals surface area contributed by atoms with Crippen molar-refractivity contribution in [3.8, 4) is 5.88 Å². The van der Waals surface area contributed by atoms with Crippen LogP contribution in [0.1, 0.15) is 31.0 Å². The Balaban J connectivity index is 2.19. The SMILES string of the molecule is CCOc1ncnc(NC(C)c2cccc(Br)c2)c1C. The Morgan fingerprint density at radius 2 is 2.15 bits per heavy atom. The molecule has 0 aliphatic rings. The lowest BCUT2D eigenvalue weighted by atomic mass is 10.1. The third-order valence-corrected chi connectivity index (χ3v) is 3.51. The Kier molecular flexibility index (Phi) is 4.95. The summed E-state index contributed by atoms with van der Waals surface area (Å²) in [4.78, 5) is 8.44. The molecule has 0 fully saturated rings. The zero-order valence-corrected chi connectivity index (χ0v) is 13.4. The molecule has 1 heterocycles. The lowest BCUT2D eigenvalue weighted by Crippen LogP contribution is -2.10. The second-order valence-corrected chi connectivity index (χ2v) is 5.42. The molecule has 0 bridgehead atoms. The molecule has 1 aromatic heterocycles. The number of anilines is 1. The summed E-state index contributed by atoms with van der Waals surface area (Å²) in [7, 11) is 0. The largest absolute Gasteiger partial charge is 0.478 e. The summed E-state index contributed by atoms with van der Waals surface area (Å²) in [5, 5.41) is 3.40. The second-order valence-electron chi connectivity index (χ2n) is 4.51. The van der Waals surface area contributed by atoms with E-state index in [-0.39, 0.29) is 6.04 Å². The summed E-state index contributed by atoms with van der Waals surface area (Å²) >= 11 is 3.49. The van der Waals surface area contributed by atoms with Crippen molar-refractivity contribution in [2.24, 2.45) is 0 Å². The smallest absolute Gasteiger partial charge is 0.221 e. The fraction of sp³-hybridized carbons (Fsp3) is 0.333. The van der Waals surface area contributed by atoms with Gasteiger partial charge in [-0.25, -0.2) is 9.97 Å². The molecule has 5 heteroatoms. The predicted molar refractivity (Wildman–Crippen MR) is 84.1 cm³/mol. The van der Waals surface area contributed by atoms with Gasteiger partial charge in [-0.1, -0.05) is 28.1 Å². The van der Waals surface area contributed by atoms with Crippen LogP contribution in [0.2, 0.25) is 0 Å². The zero-order valence-electron chi connectivity index (χ0n) is 11.9. The molecular weight excluding hydrogens is 318 g/mol. The van der Waals surface area contributed by atoms with Crippen LogP contribution in [0.5, 0.6) is 5.88 Å². The molecule has 106 valence electrons. The molecule has 1 N–H and O–H groups in total. The molecule has 0 amide bonds. The first-order valence-electron chi connectivity index (χ1n) is 6.58. The summed E-state index contributed by atoms with van der Waals surface area (Å²) in [6, 6.07) is 8.37. The van der Waals surface area contributed by atoms with Crippen molar-refractivity contribution < 1.29 is 4.74 Å². The number of hydrogen-bond acceptors (Lipinski definition) is 4. The molecule has 20 heavy (non-hydrogen) atoms. The molecule has 1 atom stereocenters. The van der Waals surface area contributed by atoms with Crippen LogP contribution in [0.25, 0.3) is 0 Å². The molecule has 0 spiro atoms. The second kappa shape index (κ2) is 6.70. The van der Waals surface area contributed by atoms with Gasteiger partial charge in [-0.2, -0.15) is 0 Å². The molecule has 0 aliphatic carbocycles. The number of aromatic nitrogens is 2. The van der Waals surface area contributed by atoms with E-state index in [9.17, 15) is 0 Å². The van der Waals surface area contributed by atoms with Crippen molar-refractivity contribution in [1.82, 2.24) is 9.97 Å². The molecule has 1 aromatic carbocycles. The molecule has 0 aliphatic heterocycles. The summed E-state index contributed by atoms with van der Waals surface area (Å²) in [6.45, 7) is 6.60. The van der Waals surface area contributed by atoms with E-state index in [2.05, 4.69) is 50.3 Å². The summed E-state index contributed by atoms with van der Waals surface area (Å²) in [5.74, 6) is 1.43. The van der Waals surface area contributed by atoms with Gasteiger partial charge < -0.3 is 10.1 Å². The number of halogens is 1. The third kappa shape index (κ3) is 3.48. The van der Waals surface area contributed by atoms with Crippen LogP contribution in [0.15, 0.2) is 35.1 Å². The molecule has 4 nitrogen and oxygen atoms in total. The number of hydrogen-bond donors (Lipinski definition) is 1. The fourth-order valence-electron chi connectivity index (χ4n) is 1.93. The van der Waals surface area contributed by atoms with Gasteiger partial charge in [0.25, 0.3) is 0 Å². The first-order valence-corrected chi connectivity index (χ1v) is 7.37. The monoisotopic (exact) mass is 335 g/mol. The van der Waals surface area contributed by atoms with Crippen molar-refractivity contribution in [2.75, 3.05) is 11.9 Å². The topological polar surface area (TPSA) is 47.0 Å². The highest BCUT2D eigenvalue weighted by molar-refractivity contribution is 9.10. The van der Waals surface area contributed by atoms with Gasteiger partial charge in [-0.15, -0.1) is 0 Å². The maximum Gasteiger partial charge on any atom is 0.221 e. The van der Waals surface area contributed by atoms with E-state index in [1.54, 1.807) is 0 Å².